The van der Waals surface area contributed by atoms with E-state index in [1.165, 1.54) is 0 Å². The third kappa shape index (κ3) is 5.92. The Bertz CT molecular complexity index is 961. The van der Waals surface area contributed by atoms with Crippen molar-refractivity contribution in [1.82, 2.24) is 25.4 Å². The van der Waals surface area contributed by atoms with E-state index in [2.05, 4.69) is 56.2 Å². The van der Waals surface area contributed by atoms with Gasteiger partial charge in [-0.3, -0.25) is 4.99 Å². The Labute approximate surface area is 193 Å². The number of hydrogen-bond acceptors (Lipinski definition) is 5. The van der Waals surface area contributed by atoms with Crippen molar-refractivity contribution >= 4 is 46.4 Å². The molecule has 0 atom stereocenters. The highest BCUT2D eigenvalue weighted by Crippen LogP contribution is 2.18. The van der Waals surface area contributed by atoms with E-state index in [1.807, 2.05) is 42.7 Å². The van der Waals surface area contributed by atoms with E-state index in [0.717, 1.165) is 39.4 Å². The first-order chi connectivity index (χ1) is 13.5. The van der Waals surface area contributed by atoms with Gasteiger partial charge in [0.15, 0.2) is 11.1 Å². The van der Waals surface area contributed by atoms with E-state index in [-0.39, 0.29) is 24.0 Å². The maximum absolute atomic E-state index is 4.61. The molecule has 0 bridgehead atoms. The number of guanidine groups is 1. The average molecular weight is 525 g/mol. The van der Waals surface area contributed by atoms with Crippen LogP contribution in [-0.4, -0.2) is 41.9 Å². The summed E-state index contributed by atoms with van der Waals surface area (Å²) in [6.07, 6.45) is 0. The molecule has 7 nitrogen and oxygen atoms in total. The van der Waals surface area contributed by atoms with Gasteiger partial charge in [-0.2, -0.15) is 5.10 Å². The van der Waals surface area contributed by atoms with Crippen molar-refractivity contribution in [2.75, 3.05) is 26.0 Å². The van der Waals surface area contributed by atoms with E-state index in [0.29, 0.717) is 13.1 Å². The first-order valence-electron chi connectivity index (χ1n) is 9.15. The van der Waals surface area contributed by atoms with E-state index < -0.39 is 0 Å². The lowest BCUT2D eigenvalue weighted by atomic mass is 10.1. The SMILES string of the molecule is CN=C(NCc1csc(N(C)C)n1)NCc1ccccc1-n1nc(C)cc1C.I. The van der Waals surface area contributed by atoms with Crippen molar-refractivity contribution in [3.05, 3.63) is 58.4 Å². The molecule has 3 rings (SSSR count). The summed E-state index contributed by atoms with van der Waals surface area (Å²) in [5.41, 5.74) is 5.36. The number of nitrogens with one attached hydrogen (secondary N) is 2. The molecule has 9 heteroatoms. The van der Waals surface area contributed by atoms with Crippen LogP contribution in [0.2, 0.25) is 0 Å². The Balaban J connectivity index is 0.00000300. The maximum atomic E-state index is 4.61. The summed E-state index contributed by atoms with van der Waals surface area (Å²) < 4.78 is 1.99. The van der Waals surface area contributed by atoms with E-state index in [9.17, 15) is 0 Å². The predicted octanol–water partition coefficient (Wildman–Crippen LogP) is 3.49. The summed E-state index contributed by atoms with van der Waals surface area (Å²) in [4.78, 5) is 10.9. The minimum absolute atomic E-state index is 0. The fraction of sp³-hybridized carbons (Fsp3) is 0.350. The van der Waals surface area contributed by atoms with Gasteiger partial charge in [-0.05, 0) is 31.5 Å². The van der Waals surface area contributed by atoms with E-state index in [4.69, 9.17) is 0 Å². The number of hydrogen-bond donors (Lipinski definition) is 2. The molecule has 1 aromatic carbocycles. The lowest BCUT2D eigenvalue weighted by molar-refractivity contribution is 0.776. The molecule has 0 aliphatic rings. The summed E-state index contributed by atoms with van der Waals surface area (Å²) in [5.74, 6) is 0.738. The molecule has 2 N–H and O–H groups in total. The second kappa shape index (κ2) is 10.6. The zero-order valence-corrected chi connectivity index (χ0v) is 20.6. The summed E-state index contributed by atoms with van der Waals surface area (Å²) in [6.45, 7) is 5.36. The van der Waals surface area contributed by atoms with Crippen LogP contribution in [0.25, 0.3) is 5.69 Å². The zero-order chi connectivity index (χ0) is 20.1. The summed E-state index contributed by atoms with van der Waals surface area (Å²) in [6, 6.07) is 10.4. The second-order valence-electron chi connectivity index (χ2n) is 6.76. The predicted molar refractivity (Wildman–Crippen MR) is 132 cm³/mol. The largest absolute Gasteiger partial charge is 0.354 e. The summed E-state index contributed by atoms with van der Waals surface area (Å²) in [7, 11) is 5.77. The smallest absolute Gasteiger partial charge is 0.191 e. The molecule has 2 aromatic heterocycles. The molecule has 0 unspecified atom stereocenters. The Hall–Kier alpha value is -2.14. The van der Waals surface area contributed by atoms with E-state index >= 15 is 0 Å². The van der Waals surface area contributed by atoms with Gasteiger partial charge >= 0.3 is 0 Å². The van der Waals surface area contributed by atoms with Crippen LogP contribution >= 0.6 is 35.3 Å². The number of anilines is 1. The second-order valence-corrected chi connectivity index (χ2v) is 7.60. The third-order valence-corrected chi connectivity index (χ3v) is 5.32. The molecule has 2 heterocycles. The Morgan fingerprint density at radius 3 is 2.52 bits per heavy atom. The number of halogens is 1. The van der Waals surface area contributed by atoms with Crippen LogP contribution in [0.5, 0.6) is 0 Å². The van der Waals surface area contributed by atoms with Gasteiger partial charge < -0.3 is 15.5 Å². The lowest BCUT2D eigenvalue weighted by Gasteiger charge is -2.14. The molecule has 0 aliphatic heterocycles. The lowest BCUT2D eigenvalue weighted by Crippen LogP contribution is -2.36. The van der Waals surface area contributed by atoms with Gasteiger partial charge in [0.05, 0.1) is 23.6 Å². The van der Waals surface area contributed by atoms with Gasteiger partial charge in [0, 0.05) is 38.8 Å². The van der Waals surface area contributed by atoms with Crippen LogP contribution in [0, 0.1) is 13.8 Å². The Morgan fingerprint density at radius 1 is 1.17 bits per heavy atom. The first-order valence-corrected chi connectivity index (χ1v) is 10.0. The summed E-state index contributed by atoms with van der Waals surface area (Å²) in [5, 5.41) is 14.4. The minimum atomic E-state index is 0. The number of para-hydroxylation sites is 1. The van der Waals surface area contributed by atoms with Gasteiger partial charge in [-0.15, -0.1) is 35.3 Å². The number of nitrogens with zero attached hydrogens (tertiary/aromatic N) is 5. The molecule has 0 saturated carbocycles. The van der Waals surface area contributed by atoms with Gasteiger partial charge in [-0.1, -0.05) is 18.2 Å². The van der Waals surface area contributed by atoms with Gasteiger partial charge in [-0.25, -0.2) is 9.67 Å². The highest BCUT2D eigenvalue weighted by atomic mass is 127. The number of thiazole rings is 1. The van der Waals surface area contributed by atoms with Crippen molar-refractivity contribution in [2.45, 2.75) is 26.9 Å². The topological polar surface area (TPSA) is 70.4 Å². The molecule has 29 heavy (non-hydrogen) atoms. The van der Waals surface area contributed by atoms with Gasteiger partial charge in [0.1, 0.15) is 0 Å². The molecular formula is C20H28IN7S. The molecule has 0 amide bonds. The van der Waals surface area contributed by atoms with Crippen LogP contribution in [-0.2, 0) is 13.1 Å². The maximum Gasteiger partial charge on any atom is 0.191 e. The van der Waals surface area contributed by atoms with Gasteiger partial charge in [0.2, 0.25) is 0 Å². The van der Waals surface area contributed by atoms with Crippen molar-refractivity contribution in [1.29, 1.82) is 0 Å². The monoisotopic (exact) mass is 525 g/mol. The van der Waals surface area contributed by atoms with Crippen LogP contribution in [0.4, 0.5) is 5.13 Å². The quantitative estimate of drug-likeness (QED) is 0.293. The van der Waals surface area contributed by atoms with Crippen molar-refractivity contribution in [3.8, 4) is 5.69 Å². The molecule has 0 spiro atoms. The number of aromatic nitrogens is 3. The fourth-order valence-corrected chi connectivity index (χ4v) is 3.65. The highest BCUT2D eigenvalue weighted by molar-refractivity contribution is 14.0. The standard InChI is InChI=1S/C20H27N7S.HI/c1-14-10-15(2)27(25-14)18-9-7-6-8-16(18)11-22-19(21-3)23-12-17-13-28-20(24-17)26(4)5;/h6-10,13H,11-12H2,1-5H3,(H2,21,22,23);1H. The van der Waals surface area contributed by atoms with Crippen LogP contribution in [0.3, 0.4) is 0 Å². The average Bonchev–Trinajstić information content (AvgIpc) is 3.28. The van der Waals surface area contributed by atoms with Crippen molar-refractivity contribution < 1.29 is 0 Å². The Kier molecular flexibility index (Phi) is 8.45. The zero-order valence-electron chi connectivity index (χ0n) is 17.4. The van der Waals surface area contributed by atoms with E-state index in [1.54, 1.807) is 18.4 Å². The molecule has 156 valence electrons. The Morgan fingerprint density at radius 2 is 1.90 bits per heavy atom. The van der Waals surface area contributed by atoms with Crippen LogP contribution < -0.4 is 15.5 Å². The molecular weight excluding hydrogens is 497 g/mol. The molecule has 0 aliphatic carbocycles. The molecule has 3 aromatic rings. The number of aliphatic imine (C=N–C) groups is 1. The normalized spacial score (nSPS) is 11.1. The van der Waals surface area contributed by atoms with Crippen molar-refractivity contribution in [3.63, 3.8) is 0 Å². The van der Waals surface area contributed by atoms with Crippen molar-refractivity contribution in [2.24, 2.45) is 4.99 Å². The highest BCUT2D eigenvalue weighted by Gasteiger charge is 2.10. The molecule has 0 saturated heterocycles. The van der Waals surface area contributed by atoms with Crippen LogP contribution in [0.1, 0.15) is 22.6 Å². The van der Waals surface area contributed by atoms with Crippen LogP contribution in [0.15, 0.2) is 40.7 Å². The van der Waals surface area contributed by atoms with Gasteiger partial charge in [0.25, 0.3) is 0 Å². The number of benzene rings is 1. The number of rotatable bonds is 6. The third-order valence-electron chi connectivity index (χ3n) is 4.26. The summed E-state index contributed by atoms with van der Waals surface area (Å²) >= 11 is 1.63. The first kappa shape index (κ1) is 23.1. The molecule has 0 fully saturated rings. The fourth-order valence-electron chi connectivity index (χ4n) is 2.90. The minimum Gasteiger partial charge on any atom is -0.354 e. The molecule has 0 radical (unpaired) electrons. The number of aryl methyl sites for hydroxylation is 2.